The molecule has 6 nitrogen and oxygen atoms in total. The van der Waals surface area contributed by atoms with Gasteiger partial charge in [-0.2, -0.15) is 13.2 Å². The normalized spacial score (nSPS) is 16.5. The monoisotopic (exact) mass is 350 g/mol. The summed E-state index contributed by atoms with van der Waals surface area (Å²) in [6, 6.07) is 4.63. The third-order valence-corrected chi connectivity index (χ3v) is 3.51. The Labute approximate surface area is 140 Å². The van der Waals surface area contributed by atoms with Gasteiger partial charge >= 0.3 is 6.18 Å². The summed E-state index contributed by atoms with van der Waals surface area (Å²) in [4.78, 5) is 16.1. The number of amides is 1. The topological polar surface area (TPSA) is 80.0 Å². The van der Waals surface area contributed by atoms with Crippen molar-refractivity contribution in [3.8, 4) is 11.4 Å². The number of carbonyl (C=O) groups excluding carboxylic acids is 1. The lowest BCUT2D eigenvalue weighted by atomic mass is 9.99. The summed E-state index contributed by atoms with van der Waals surface area (Å²) >= 11 is 0. The van der Waals surface area contributed by atoms with E-state index in [0.717, 1.165) is 6.08 Å². The molecule has 2 N–H and O–H groups in total. The first kappa shape index (κ1) is 16.7. The van der Waals surface area contributed by atoms with Crippen molar-refractivity contribution in [2.45, 2.75) is 19.2 Å². The highest BCUT2D eigenvalue weighted by Crippen LogP contribution is 2.39. The second-order valence-corrected chi connectivity index (χ2v) is 5.38. The average molecular weight is 350 g/mol. The number of aromatic nitrogens is 2. The van der Waals surface area contributed by atoms with Crippen LogP contribution in [0.2, 0.25) is 0 Å². The molecule has 2 aromatic rings. The molecule has 1 aromatic carbocycles. The fraction of sp³-hybridized carbons (Fsp3) is 0.188. The maximum absolute atomic E-state index is 13.3. The summed E-state index contributed by atoms with van der Waals surface area (Å²) in [5.74, 6) is -1.28. The number of rotatable bonds is 2. The van der Waals surface area contributed by atoms with Crippen molar-refractivity contribution < 1.29 is 22.7 Å². The van der Waals surface area contributed by atoms with Gasteiger partial charge in [0.1, 0.15) is 5.75 Å². The number of fused-ring (bicyclic) bond motifs is 1. The molecule has 1 aliphatic heterocycles. The first-order valence-electron chi connectivity index (χ1n) is 7.20. The molecule has 0 saturated heterocycles. The van der Waals surface area contributed by atoms with Gasteiger partial charge < -0.3 is 14.6 Å². The van der Waals surface area contributed by atoms with Crippen LogP contribution in [0.25, 0.3) is 11.8 Å². The molecular formula is C16H13F3N4O2. The Bertz CT molecular complexity index is 857. The molecule has 0 aliphatic carbocycles. The van der Waals surface area contributed by atoms with Gasteiger partial charge in [-0.3, -0.25) is 10.2 Å². The molecule has 130 valence electrons. The van der Waals surface area contributed by atoms with E-state index in [-0.39, 0.29) is 11.6 Å². The molecule has 2 heterocycles. The van der Waals surface area contributed by atoms with Crippen LogP contribution in [0.5, 0.6) is 5.75 Å². The van der Waals surface area contributed by atoms with Crippen LogP contribution in [0.1, 0.15) is 12.5 Å². The Hall–Kier alpha value is -3.10. The van der Waals surface area contributed by atoms with E-state index < -0.39 is 23.8 Å². The molecule has 25 heavy (non-hydrogen) atoms. The molecule has 1 amide bonds. The number of alkyl halides is 3. The van der Waals surface area contributed by atoms with Gasteiger partial charge in [-0.05, 0) is 25.1 Å². The van der Waals surface area contributed by atoms with E-state index in [0.29, 0.717) is 11.3 Å². The maximum Gasteiger partial charge on any atom is 0.429 e. The number of hydrogen-bond donors (Lipinski definition) is 2. The standard InChI is InChI=1S/C16H13F3N4O2/c1-9(20)22-15(24)11-7-10-12(23-6-5-21-8-23)3-2-4-13(10)25-14(11)16(17,18)19/h2-8,14H,1H3,(H2,20,22,24). The molecule has 1 unspecified atom stereocenters. The first-order valence-corrected chi connectivity index (χ1v) is 7.20. The molecule has 1 aromatic heterocycles. The van der Waals surface area contributed by atoms with Gasteiger partial charge in [0, 0.05) is 18.0 Å². The predicted octanol–water partition coefficient (Wildman–Crippen LogP) is 2.69. The second-order valence-electron chi connectivity index (χ2n) is 5.38. The number of ether oxygens (including phenoxy) is 1. The summed E-state index contributed by atoms with van der Waals surface area (Å²) in [7, 11) is 0. The summed E-state index contributed by atoms with van der Waals surface area (Å²) < 4.78 is 46.7. The molecule has 0 bridgehead atoms. The lowest BCUT2D eigenvalue weighted by molar-refractivity contribution is -0.185. The minimum atomic E-state index is -4.78. The number of imidazole rings is 1. The van der Waals surface area contributed by atoms with E-state index in [1.165, 1.54) is 25.5 Å². The van der Waals surface area contributed by atoms with Gasteiger partial charge in [-0.25, -0.2) is 4.98 Å². The summed E-state index contributed by atoms with van der Waals surface area (Å²) in [6.07, 6.45) is -1.40. The Morgan fingerprint density at radius 2 is 2.16 bits per heavy atom. The number of hydrogen-bond acceptors (Lipinski definition) is 4. The second kappa shape index (κ2) is 6.08. The van der Waals surface area contributed by atoms with Gasteiger partial charge in [0.25, 0.3) is 5.91 Å². The van der Waals surface area contributed by atoms with Crippen molar-refractivity contribution in [1.29, 1.82) is 5.41 Å². The molecule has 1 atom stereocenters. The predicted molar refractivity (Wildman–Crippen MR) is 83.6 cm³/mol. The van der Waals surface area contributed by atoms with E-state index >= 15 is 0 Å². The quantitative estimate of drug-likeness (QED) is 0.646. The van der Waals surface area contributed by atoms with Crippen LogP contribution in [0.3, 0.4) is 0 Å². The largest absolute Gasteiger partial charge is 0.475 e. The van der Waals surface area contributed by atoms with Gasteiger partial charge in [0.05, 0.1) is 23.4 Å². The van der Waals surface area contributed by atoms with Crippen LogP contribution in [-0.2, 0) is 4.79 Å². The highest BCUT2D eigenvalue weighted by atomic mass is 19.4. The average Bonchev–Trinajstić information content (AvgIpc) is 3.05. The fourth-order valence-corrected chi connectivity index (χ4v) is 2.50. The Balaban J connectivity index is 2.14. The van der Waals surface area contributed by atoms with E-state index in [9.17, 15) is 18.0 Å². The number of nitrogens with zero attached hydrogens (tertiary/aromatic N) is 2. The van der Waals surface area contributed by atoms with E-state index in [2.05, 4.69) is 10.3 Å². The maximum atomic E-state index is 13.3. The molecule has 9 heteroatoms. The molecule has 1 aliphatic rings. The van der Waals surface area contributed by atoms with Gasteiger partial charge in [0.2, 0.25) is 6.10 Å². The van der Waals surface area contributed by atoms with Crippen LogP contribution in [-0.4, -0.2) is 33.6 Å². The summed E-state index contributed by atoms with van der Waals surface area (Å²) in [5.41, 5.74) is 0.237. The van der Waals surface area contributed by atoms with Crippen molar-refractivity contribution in [2.75, 3.05) is 0 Å². The fourth-order valence-electron chi connectivity index (χ4n) is 2.50. The first-order chi connectivity index (χ1) is 11.8. The number of amidine groups is 1. The SMILES string of the molecule is CC(=N)NC(=O)C1=Cc2c(cccc2-n2ccnc2)OC1C(F)(F)F. The number of carbonyl (C=O) groups is 1. The zero-order valence-electron chi connectivity index (χ0n) is 13.0. The molecule has 0 radical (unpaired) electrons. The highest BCUT2D eigenvalue weighted by molar-refractivity contribution is 6.08. The minimum Gasteiger partial charge on any atom is -0.475 e. The summed E-state index contributed by atoms with van der Waals surface area (Å²) in [5, 5.41) is 9.35. The van der Waals surface area contributed by atoms with Crippen molar-refractivity contribution in [3.05, 3.63) is 48.1 Å². The third kappa shape index (κ3) is 3.25. The number of benzene rings is 1. The Morgan fingerprint density at radius 3 is 2.76 bits per heavy atom. The molecule has 0 spiro atoms. The lowest BCUT2D eigenvalue weighted by Gasteiger charge is -2.29. The molecular weight excluding hydrogens is 337 g/mol. The highest BCUT2D eigenvalue weighted by Gasteiger charge is 2.48. The number of nitrogens with one attached hydrogen (secondary N) is 2. The Morgan fingerprint density at radius 1 is 1.40 bits per heavy atom. The van der Waals surface area contributed by atoms with E-state index in [4.69, 9.17) is 10.1 Å². The van der Waals surface area contributed by atoms with Gasteiger partial charge in [-0.15, -0.1) is 0 Å². The van der Waals surface area contributed by atoms with E-state index in [1.54, 1.807) is 22.9 Å². The van der Waals surface area contributed by atoms with Gasteiger partial charge in [0.15, 0.2) is 0 Å². The lowest BCUT2D eigenvalue weighted by Crippen LogP contribution is -2.44. The molecule has 3 rings (SSSR count). The zero-order chi connectivity index (χ0) is 18.2. The minimum absolute atomic E-state index is 0.0108. The van der Waals surface area contributed by atoms with Crippen LogP contribution in [0, 0.1) is 5.41 Å². The van der Waals surface area contributed by atoms with Crippen LogP contribution >= 0.6 is 0 Å². The van der Waals surface area contributed by atoms with Crippen molar-refractivity contribution in [2.24, 2.45) is 0 Å². The smallest absolute Gasteiger partial charge is 0.429 e. The number of halogens is 3. The van der Waals surface area contributed by atoms with Crippen molar-refractivity contribution in [3.63, 3.8) is 0 Å². The third-order valence-electron chi connectivity index (χ3n) is 3.51. The molecule has 0 saturated carbocycles. The van der Waals surface area contributed by atoms with Crippen LogP contribution in [0.15, 0.2) is 42.5 Å². The van der Waals surface area contributed by atoms with Gasteiger partial charge in [-0.1, -0.05) is 6.07 Å². The summed E-state index contributed by atoms with van der Waals surface area (Å²) in [6.45, 7) is 1.26. The zero-order valence-corrected chi connectivity index (χ0v) is 13.0. The van der Waals surface area contributed by atoms with Crippen molar-refractivity contribution >= 4 is 17.8 Å². The van der Waals surface area contributed by atoms with Crippen LogP contribution in [0.4, 0.5) is 13.2 Å². The molecule has 0 fully saturated rings. The Kier molecular flexibility index (Phi) is 4.07. The van der Waals surface area contributed by atoms with E-state index in [1.807, 2.05) is 0 Å². The van der Waals surface area contributed by atoms with Crippen LogP contribution < -0.4 is 10.1 Å². The van der Waals surface area contributed by atoms with Crippen molar-refractivity contribution in [1.82, 2.24) is 14.9 Å².